The van der Waals surface area contributed by atoms with Crippen molar-refractivity contribution < 1.29 is 23.9 Å². The van der Waals surface area contributed by atoms with Crippen molar-refractivity contribution >= 4 is 45.6 Å². The number of ether oxygens (including phenoxy) is 1. The average Bonchev–Trinajstić information content (AvgIpc) is 4.01. The van der Waals surface area contributed by atoms with Crippen molar-refractivity contribution in [2.24, 2.45) is 11.8 Å². The van der Waals surface area contributed by atoms with Crippen LogP contribution in [0, 0.1) is 11.8 Å². The maximum atomic E-state index is 13.7. The summed E-state index contributed by atoms with van der Waals surface area (Å²) in [6.45, 7) is 10.3. The number of carbonyl (C=O) groups is 4. The van der Waals surface area contributed by atoms with Gasteiger partial charge in [0, 0.05) is 42.7 Å². The molecule has 2 aromatic carbocycles. The molecule has 0 spiro atoms. The lowest BCUT2D eigenvalue weighted by Gasteiger charge is -2.30. The van der Waals surface area contributed by atoms with Gasteiger partial charge < -0.3 is 35.1 Å². The summed E-state index contributed by atoms with van der Waals surface area (Å²) in [4.78, 5) is 76.0. The molecule has 0 saturated carbocycles. The number of hydrogen-bond acceptors (Lipinski definition) is 8. The maximum Gasteiger partial charge on any atom is 0.407 e. The topological polar surface area (TPSA) is 178 Å². The van der Waals surface area contributed by atoms with Crippen molar-refractivity contribution in [2.75, 3.05) is 20.2 Å². The van der Waals surface area contributed by atoms with E-state index in [1.54, 1.807) is 6.20 Å². The van der Waals surface area contributed by atoms with Crippen LogP contribution in [-0.2, 0) is 19.1 Å². The zero-order valence-electron chi connectivity index (χ0n) is 32.2. The highest BCUT2D eigenvalue weighted by atomic mass is 16.5. The molecular formula is C41H49N9O5. The molecule has 0 unspecified atom stereocenters. The maximum absolute atomic E-state index is 13.7. The molecule has 2 saturated heterocycles. The van der Waals surface area contributed by atoms with E-state index in [9.17, 15) is 19.2 Å². The number of rotatable bonds is 10. The molecule has 0 aliphatic carbocycles. The van der Waals surface area contributed by atoms with E-state index < -0.39 is 18.2 Å². The van der Waals surface area contributed by atoms with Gasteiger partial charge in [-0.25, -0.2) is 14.8 Å². The Balaban J connectivity index is 1.08. The number of hydrogen-bond donors (Lipinski definition) is 4. The number of benzene rings is 2. The second-order valence-corrected chi connectivity index (χ2v) is 15.3. The lowest BCUT2D eigenvalue weighted by Crippen LogP contribution is -2.51. The van der Waals surface area contributed by atoms with Gasteiger partial charge in [-0.15, -0.1) is 0 Å². The number of likely N-dealkylation sites (tertiary alicyclic amines) is 2. The zero-order chi connectivity index (χ0) is 39.0. The number of aromatic nitrogens is 5. The van der Waals surface area contributed by atoms with Crippen LogP contribution in [0.4, 0.5) is 4.79 Å². The van der Waals surface area contributed by atoms with Gasteiger partial charge in [0.15, 0.2) is 0 Å². The Morgan fingerprint density at radius 2 is 1.44 bits per heavy atom. The third-order valence-electron chi connectivity index (χ3n) is 10.8. The third-order valence-corrected chi connectivity index (χ3v) is 10.8. The van der Waals surface area contributed by atoms with Crippen LogP contribution in [-0.4, -0.2) is 90.8 Å². The summed E-state index contributed by atoms with van der Waals surface area (Å²) in [7, 11) is 1.29. The normalized spacial score (nSPS) is 18.3. The fourth-order valence-electron chi connectivity index (χ4n) is 7.93. The van der Waals surface area contributed by atoms with E-state index in [0.717, 1.165) is 81.7 Å². The van der Waals surface area contributed by atoms with Crippen LogP contribution in [0.15, 0.2) is 54.9 Å². The van der Waals surface area contributed by atoms with Crippen molar-refractivity contribution in [3.63, 3.8) is 0 Å². The lowest BCUT2D eigenvalue weighted by molar-refractivity contribution is -0.138. The molecule has 0 radical (unpaired) electrons. The molecule has 2 fully saturated rings. The summed E-state index contributed by atoms with van der Waals surface area (Å²) < 4.78 is 4.77. The minimum atomic E-state index is -0.697. The molecule has 288 valence electrons. The van der Waals surface area contributed by atoms with E-state index >= 15 is 0 Å². The number of fused-ring (bicyclic) bond motifs is 3. The number of H-pyrrole nitrogens is 2. The van der Waals surface area contributed by atoms with Crippen LogP contribution in [0.25, 0.3) is 44.3 Å². The molecule has 4 amide bonds. The first-order valence-electron chi connectivity index (χ1n) is 19.1. The molecule has 5 aromatic rings. The van der Waals surface area contributed by atoms with Gasteiger partial charge in [-0.3, -0.25) is 19.4 Å². The number of methoxy groups -OCH3 is 1. The number of aromatic amines is 2. The van der Waals surface area contributed by atoms with Crippen LogP contribution in [0.2, 0.25) is 0 Å². The molecule has 0 bridgehead atoms. The highest BCUT2D eigenvalue weighted by molar-refractivity contribution is 6.05. The Morgan fingerprint density at radius 3 is 2.05 bits per heavy atom. The standard InChI is InChI=1S/C41H49N9O5/c1-22(2)34(44-24(5)51)39(52)49-17-7-9-32(49)37-43-21-31(46-37)27-13-15-29(42-20-27)26-11-14-28-25(19-26)12-16-30-36(28)47-38(45-30)33-10-8-18-50(33)40(53)35(23(3)4)48-41(54)55-6/h11-16,19-23,32-35H,7-10,17-18H2,1-6H3,(H,43,46)(H,44,51)(H,45,47)(H,48,54)/t32-,33-,34-,35-/m0/s1. The first-order chi connectivity index (χ1) is 26.4. The Labute approximate surface area is 319 Å². The SMILES string of the molecule is COC(=O)N[C@H](C(=O)N1CCC[C@H]1c1nc2c(ccc3cc(-c4ccc(-c5cnc([C@@H]6CCCN6C(=O)[C@@H](NC(C)=O)C(C)C)[nH]5)cn4)ccc32)[nH]1)C(C)C. The molecule has 5 heterocycles. The summed E-state index contributed by atoms with van der Waals surface area (Å²) in [6, 6.07) is 12.6. The summed E-state index contributed by atoms with van der Waals surface area (Å²) in [5, 5.41) is 7.54. The Bertz CT molecular complexity index is 2230. The number of alkyl carbamates (subject to hydrolysis) is 1. The fourth-order valence-corrected chi connectivity index (χ4v) is 7.93. The van der Waals surface area contributed by atoms with Crippen molar-refractivity contribution in [2.45, 2.75) is 84.5 Å². The van der Waals surface area contributed by atoms with Gasteiger partial charge >= 0.3 is 6.09 Å². The smallest absolute Gasteiger partial charge is 0.407 e. The molecular weight excluding hydrogens is 699 g/mol. The third kappa shape index (κ3) is 7.49. The first kappa shape index (κ1) is 37.5. The Morgan fingerprint density at radius 1 is 0.782 bits per heavy atom. The number of nitrogens with one attached hydrogen (secondary N) is 4. The fraction of sp³-hybridized carbons (Fsp3) is 0.439. The van der Waals surface area contributed by atoms with Crippen LogP contribution < -0.4 is 10.6 Å². The van der Waals surface area contributed by atoms with Crippen LogP contribution in [0.3, 0.4) is 0 Å². The van der Waals surface area contributed by atoms with Crippen molar-refractivity contribution in [3.05, 3.63) is 66.5 Å². The van der Waals surface area contributed by atoms with E-state index in [1.165, 1.54) is 14.0 Å². The number of carbonyl (C=O) groups excluding carboxylic acids is 4. The lowest BCUT2D eigenvalue weighted by atomic mass is 10.0. The van der Waals surface area contributed by atoms with Gasteiger partial charge in [0.2, 0.25) is 17.7 Å². The van der Waals surface area contributed by atoms with Gasteiger partial charge in [0.1, 0.15) is 23.7 Å². The highest BCUT2D eigenvalue weighted by Crippen LogP contribution is 2.36. The van der Waals surface area contributed by atoms with Gasteiger partial charge in [-0.05, 0) is 67.2 Å². The average molecular weight is 748 g/mol. The van der Waals surface area contributed by atoms with Crippen LogP contribution >= 0.6 is 0 Å². The van der Waals surface area contributed by atoms with E-state index in [2.05, 4.69) is 43.8 Å². The Kier molecular flexibility index (Phi) is 10.6. The van der Waals surface area contributed by atoms with Gasteiger partial charge in [0.05, 0.1) is 47.8 Å². The number of imidazole rings is 2. The molecule has 4 atom stereocenters. The first-order valence-corrected chi connectivity index (χ1v) is 19.1. The minimum Gasteiger partial charge on any atom is -0.453 e. The van der Waals surface area contributed by atoms with Crippen molar-refractivity contribution in [3.8, 4) is 22.5 Å². The summed E-state index contributed by atoms with van der Waals surface area (Å²) in [6.07, 6.45) is 6.25. The number of amides is 4. The molecule has 55 heavy (non-hydrogen) atoms. The highest BCUT2D eigenvalue weighted by Gasteiger charge is 2.39. The van der Waals surface area contributed by atoms with Gasteiger partial charge in [-0.1, -0.05) is 45.9 Å². The molecule has 7 rings (SSSR count). The summed E-state index contributed by atoms with van der Waals surface area (Å²) >= 11 is 0. The molecule has 4 N–H and O–H groups in total. The predicted molar refractivity (Wildman–Crippen MR) is 208 cm³/mol. The van der Waals surface area contributed by atoms with E-state index in [0.29, 0.717) is 13.1 Å². The number of nitrogens with zero attached hydrogens (tertiary/aromatic N) is 5. The molecule has 14 nitrogen and oxygen atoms in total. The van der Waals surface area contributed by atoms with Gasteiger partial charge in [-0.2, -0.15) is 0 Å². The minimum absolute atomic E-state index is 0.0364. The molecule has 2 aliphatic heterocycles. The zero-order valence-corrected chi connectivity index (χ0v) is 32.2. The van der Waals surface area contributed by atoms with Crippen LogP contribution in [0.5, 0.6) is 0 Å². The van der Waals surface area contributed by atoms with Crippen LogP contribution in [0.1, 0.15) is 84.0 Å². The summed E-state index contributed by atoms with van der Waals surface area (Å²) in [5.41, 5.74) is 5.20. The van der Waals surface area contributed by atoms with Crippen molar-refractivity contribution in [1.82, 2.24) is 45.4 Å². The molecule has 2 aliphatic rings. The van der Waals surface area contributed by atoms with E-state index in [1.807, 2.05) is 68.0 Å². The largest absolute Gasteiger partial charge is 0.453 e. The summed E-state index contributed by atoms with van der Waals surface area (Å²) in [5.74, 6) is 0.858. The second kappa shape index (κ2) is 15.5. The molecule has 3 aromatic heterocycles. The van der Waals surface area contributed by atoms with Gasteiger partial charge in [0.25, 0.3) is 0 Å². The predicted octanol–water partition coefficient (Wildman–Crippen LogP) is 6.04. The quantitative estimate of drug-likeness (QED) is 0.134. The van der Waals surface area contributed by atoms with Crippen molar-refractivity contribution in [1.29, 1.82) is 0 Å². The second-order valence-electron chi connectivity index (χ2n) is 15.3. The Hall–Kier alpha value is -5.79. The molecule has 14 heteroatoms. The van der Waals surface area contributed by atoms with E-state index in [4.69, 9.17) is 14.7 Å². The monoisotopic (exact) mass is 747 g/mol. The number of pyridine rings is 1. The van der Waals surface area contributed by atoms with E-state index in [-0.39, 0.29) is 41.6 Å².